The van der Waals surface area contributed by atoms with E-state index in [0.717, 1.165) is 6.54 Å². The molecule has 0 aliphatic carbocycles. The van der Waals surface area contributed by atoms with E-state index in [1.807, 2.05) is 0 Å². The van der Waals surface area contributed by atoms with Crippen molar-refractivity contribution < 1.29 is 0 Å². The molecule has 168 valence electrons. The fourth-order valence-electron chi connectivity index (χ4n) is 5.21. The monoisotopic (exact) mass is 450 g/mol. The van der Waals surface area contributed by atoms with Crippen molar-refractivity contribution in [2.24, 2.45) is 0 Å². The highest BCUT2D eigenvalue weighted by molar-refractivity contribution is 6.10. The van der Waals surface area contributed by atoms with Gasteiger partial charge in [-0.3, -0.25) is 0 Å². The van der Waals surface area contributed by atoms with E-state index in [0.29, 0.717) is 6.04 Å². The minimum Gasteiger partial charge on any atom is -0.309 e. The molecule has 0 bridgehead atoms. The summed E-state index contributed by atoms with van der Waals surface area (Å²) in [4.78, 5) is 0. The Morgan fingerprint density at radius 3 is 1.97 bits per heavy atom. The van der Waals surface area contributed by atoms with Gasteiger partial charge in [0.1, 0.15) is 0 Å². The molecular weight excluding hydrogens is 424 g/mol. The Kier molecular flexibility index (Phi) is 4.61. The van der Waals surface area contributed by atoms with Gasteiger partial charge >= 0.3 is 0 Å². The standard InChI is InChI=1S/C33H26N2/c1-22-9-11-23(12-10-22)24-13-15-25(16-14-24)26-17-18-33-30(20-26)29-7-2-3-8-32(29)35(33)28-6-4-5-27(19-28)31-21-34-31/h2-20,31,34H,21H2,1H3. The first kappa shape index (κ1) is 20.3. The van der Waals surface area contributed by atoms with Crippen molar-refractivity contribution in [3.05, 3.63) is 126 Å². The number of benzene rings is 5. The summed E-state index contributed by atoms with van der Waals surface area (Å²) < 4.78 is 2.40. The van der Waals surface area contributed by atoms with E-state index >= 15 is 0 Å². The summed E-state index contributed by atoms with van der Waals surface area (Å²) in [6.45, 7) is 3.20. The smallest absolute Gasteiger partial charge is 0.0541 e. The Morgan fingerprint density at radius 2 is 1.23 bits per heavy atom. The molecule has 0 amide bonds. The molecule has 5 aromatic carbocycles. The van der Waals surface area contributed by atoms with Gasteiger partial charge in [0, 0.05) is 29.0 Å². The highest BCUT2D eigenvalue weighted by Gasteiger charge is 2.22. The molecule has 0 radical (unpaired) electrons. The lowest BCUT2D eigenvalue weighted by molar-refractivity contribution is 1.06. The number of rotatable bonds is 4. The van der Waals surface area contributed by atoms with E-state index in [9.17, 15) is 0 Å². The summed E-state index contributed by atoms with van der Waals surface area (Å²) in [5.74, 6) is 0. The molecule has 0 spiro atoms. The van der Waals surface area contributed by atoms with E-state index in [2.05, 4.69) is 132 Å². The van der Waals surface area contributed by atoms with Gasteiger partial charge in [0.15, 0.2) is 0 Å². The minimum absolute atomic E-state index is 0.498. The number of aryl methyl sites for hydroxylation is 1. The minimum atomic E-state index is 0.498. The number of nitrogens with one attached hydrogen (secondary N) is 1. The summed E-state index contributed by atoms with van der Waals surface area (Å²) in [6, 6.07) is 42.7. The molecule has 1 N–H and O–H groups in total. The second-order valence-electron chi connectivity index (χ2n) is 9.58. The maximum atomic E-state index is 3.43. The van der Waals surface area contributed by atoms with Gasteiger partial charge in [0.25, 0.3) is 0 Å². The second-order valence-corrected chi connectivity index (χ2v) is 9.58. The average molecular weight is 451 g/mol. The molecule has 1 aliphatic rings. The molecule has 1 atom stereocenters. The first-order chi connectivity index (χ1) is 17.2. The predicted octanol–water partition coefficient (Wildman–Crippen LogP) is 8.07. The number of hydrogen-bond acceptors (Lipinski definition) is 1. The first-order valence-corrected chi connectivity index (χ1v) is 12.3. The van der Waals surface area contributed by atoms with Crippen LogP contribution in [0.15, 0.2) is 115 Å². The Bertz CT molecular complexity index is 1680. The number of nitrogens with zero attached hydrogens (tertiary/aromatic N) is 1. The van der Waals surface area contributed by atoms with E-state index in [-0.39, 0.29) is 0 Å². The van der Waals surface area contributed by atoms with Crippen molar-refractivity contribution in [1.82, 2.24) is 9.88 Å². The quantitative estimate of drug-likeness (QED) is 0.270. The van der Waals surface area contributed by atoms with Crippen LogP contribution in [0, 0.1) is 6.92 Å². The Balaban J connectivity index is 1.34. The van der Waals surface area contributed by atoms with Crippen molar-refractivity contribution in [3.63, 3.8) is 0 Å². The van der Waals surface area contributed by atoms with Crippen LogP contribution in [0.1, 0.15) is 17.2 Å². The Hall–Kier alpha value is -4.14. The van der Waals surface area contributed by atoms with Gasteiger partial charge in [-0.25, -0.2) is 0 Å². The van der Waals surface area contributed by atoms with Crippen molar-refractivity contribution in [1.29, 1.82) is 0 Å². The molecule has 2 heterocycles. The van der Waals surface area contributed by atoms with Crippen LogP contribution in [0.4, 0.5) is 0 Å². The van der Waals surface area contributed by atoms with Crippen molar-refractivity contribution >= 4 is 21.8 Å². The lowest BCUT2D eigenvalue weighted by atomic mass is 9.98. The lowest BCUT2D eigenvalue weighted by Gasteiger charge is -2.10. The van der Waals surface area contributed by atoms with Crippen molar-refractivity contribution in [2.75, 3.05) is 6.54 Å². The summed E-state index contributed by atoms with van der Waals surface area (Å²) in [7, 11) is 0. The van der Waals surface area contributed by atoms with E-state index in [1.54, 1.807) is 0 Å². The zero-order valence-corrected chi connectivity index (χ0v) is 19.7. The molecule has 1 saturated heterocycles. The number of para-hydroxylation sites is 1. The molecular formula is C33H26N2. The van der Waals surface area contributed by atoms with Crippen LogP contribution in [0.3, 0.4) is 0 Å². The fraction of sp³-hybridized carbons (Fsp3) is 0.0909. The van der Waals surface area contributed by atoms with Gasteiger partial charge in [-0.1, -0.05) is 90.5 Å². The molecule has 6 aromatic rings. The van der Waals surface area contributed by atoms with Crippen LogP contribution in [0.2, 0.25) is 0 Å². The molecule has 35 heavy (non-hydrogen) atoms. The van der Waals surface area contributed by atoms with Gasteiger partial charge in [-0.15, -0.1) is 0 Å². The third-order valence-corrected chi connectivity index (χ3v) is 7.21. The molecule has 2 nitrogen and oxygen atoms in total. The summed E-state index contributed by atoms with van der Waals surface area (Å²) in [5, 5.41) is 6.01. The maximum absolute atomic E-state index is 3.43. The number of aromatic nitrogens is 1. The SMILES string of the molecule is Cc1ccc(-c2ccc(-c3ccc4c(c3)c3ccccc3n4-c3cccc(C4CN4)c3)cc2)cc1. The van der Waals surface area contributed by atoms with Crippen molar-refractivity contribution in [2.45, 2.75) is 13.0 Å². The van der Waals surface area contributed by atoms with Crippen LogP contribution in [-0.4, -0.2) is 11.1 Å². The van der Waals surface area contributed by atoms with Gasteiger partial charge in [0.2, 0.25) is 0 Å². The van der Waals surface area contributed by atoms with E-state index < -0.39 is 0 Å². The van der Waals surface area contributed by atoms with Gasteiger partial charge in [-0.05, 0) is 65.1 Å². The molecule has 2 heteroatoms. The Labute approximate surface area is 205 Å². The molecule has 1 fully saturated rings. The van der Waals surface area contributed by atoms with Crippen LogP contribution in [0.5, 0.6) is 0 Å². The third kappa shape index (κ3) is 3.54. The highest BCUT2D eigenvalue weighted by atomic mass is 15.1. The van der Waals surface area contributed by atoms with Gasteiger partial charge < -0.3 is 9.88 Å². The van der Waals surface area contributed by atoms with E-state index in [4.69, 9.17) is 0 Å². The van der Waals surface area contributed by atoms with Crippen LogP contribution >= 0.6 is 0 Å². The fourth-order valence-corrected chi connectivity index (χ4v) is 5.21. The zero-order valence-electron chi connectivity index (χ0n) is 19.7. The van der Waals surface area contributed by atoms with Crippen LogP contribution < -0.4 is 5.32 Å². The highest BCUT2D eigenvalue weighted by Crippen LogP contribution is 2.36. The predicted molar refractivity (Wildman–Crippen MR) is 147 cm³/mol. The second kappa shape index (κ2) is 7.97. The van der Waals surface area contributed by atoms with Crippen molar-refractivity contribution in [3.8, 4) is 27.9 Å². The summed E-state index contributed by atoms with van der Waals surface area (Å²) in [5.41, 5.74) is 11.3. The third-order valence-electron chi connectivity index (χ3n) is 7.21. The van der Waals surface area contributed by atoms with Gasteiger partial charge in [-0.2, -0.15) is 0 Å². The normalized spacial score (nSPS) is 15.1. The number of hydrogen-bond donors (Lipinski definition) is 1. The summed E-state index contributed by atoms with van der Waals surface area (Å²) >= 11 is 0. The molecule has 7 rings (SSSR count). The lowest BCUT2D eigenvalue weighted by Crippen LogP contribution is -1.95. The Morgan fingerprint density at radius 1 is 0.600 bits per heavy atom. The van der Waals surface area contributed by atoms with Crippen LogP contribution in [0.25, 0.3) is 49.7 Å². The molecule has 1 aliphatic heterocycles. The molecule has 1 unspecified atom stereocenters. The average Bonchev–Trinajstić information content (AvgIpc) is 3.71. The van der Waals surface area contributed by atoms with Gasteiger partial charge in [0.05, 0.1) is 11.0 Å². The van der Waals surface area contributed by atoms with Crippen LogP contribution in [-0.2, 0) is 0 Å². The first-order valence-electron chi connectivity index (χ1n) is 12.3. The largest absolute Gasteiger partial charge is 0.309 e. The van der Waals surface area contributed by atoms with E-state index in [1.165, 1.54) is 60.9 Å². The molecule has 0 saturated carbocycles. The topological polar surface area (TPSA) is 26.9 Å². The molecule has 1 aromatic heterocycles. The maximum Gasteiger partial charge on any atom is 0.0541 e. The zero-order chi connectivity index (χ0) is 23.4. The summed E-state index contributed by atoms with van der Waals surface area (Å²) in [6.07, 6.45) is 0. The number of fused-ring (bicyclic) bond motifs is 3.